The van der Waals surface area contributed by atoms with E-state index in [0.29, 0.717) is 0 Å². The third-order valence-electron chi connectivity index (χ3n) is 11.1. The maximum atomic E-state index is 2.37. The van der Waals surface area contributed by atoms with Crippen LogP contribution >= 0.6 is 0 Å². The van der Waals surface area contributed by atoms with Gasteiger partial charge in [0.2, 0.25) is 0 Å². The van der Waals surface area contributed by atoms with Gasteiger partial charge in [0.05, 0.1) is 22.1 Å². The van der Waals surface area contributed by atoms with E-state index in [1.807, 2.05) is 0 Å². The van der Waals surface area contributed by atoms with Gasteiger partial charge in [-0.1, -0.05) is 124 Å². The second-order valence-electron chi connectivity index (χ2n) is 15.5. The number of anilines is 3. The molecule has 0 aliphatic carbocycles. The van der Waals surface area contributed by atoms with Crippen LogP contribution in [0.1, 0.15) is 26.3 Å². The van der Waals surface area contributed by atoms with Crippen molar-refractivity contribution in [3.63, 3.8) is 0 Å². The van der Waals surface area contributed by atoms with Crippen LogP contribution in [0.5, 0.6) is 0 Å². The van der Waals surface area contributed by atoms with E-state index in [-0.39, 0.29) is 5.41 Å². The first-order valence-electron chi connectivity index (χ1n) is 19.1. The van der Waals surface area contributed by atoms with Crippen LogP contribution in [0.2, 0.25) is 0 Å². The fraction of sp³-hybridized carbons (Fsp3) is 0.0769. The van der Waals surface area contributed by atoms with Crippen molar-refractivity contribution >= 4 is 60.7 Å². The monoisotopic (exact) mass is 707 g/mol. The van der Waals surface area contributed by atoms with Crippen LogP contribution in [0.15, 0.2) is 194 Å². The van der Waals surface area contributed by atoms with Gasteiger partial charge in [0.15, 0.2) is 0 Å². The van der Waals surface area contributed by atoms with Crippen molar-refractivity contribution in [1.29, 1.82) is 0 Å². The Kier molecular flexibility index (Phi) is 7.71. The first-order chi connectivity index (χ1) is 26.9. The molecule has 0 saturated carbocycles. The normalized spacial score (nSPS) is 11.9. The molecule has 264 valence electrons. The molecular weight excluding hydrogens is 667 g/mol. The van der Waals surface area contributed by atoms with Crippen LogP contribution in [0.25, 0.3) is 66.1 Å². The zero-order valence-corrected chi connectivity index (χ0v) is 31.3. The van der Waals surface area contributed by atoms with Crippen molar-refractivity contribution in [2.45, 2.75) is 26.2 Å². The van der Waals surface area contributed by atoms with Gasteiger partial charge in [-0.3, -0.25) is 0 Å². The van der Waals surface area contributed by atoms with Gasteiger partial charge in [-0.15, -0.1) is 0 Å². The Labute approximate surface area is 322 Å². The third-order valence-corrected chi connectivity index (χ3v) is 11.1. The van der Waals surface area contributed by atoms with Gasteiger partial charge in [-0.05, 0) is 113 Å². The molecule has 8 aromatic carbocycles. The number of para-hydroxylation sites is 4. The molecule has 10 rings (SSSR count). The molecule has 0 radical (unpaired) electrons. The van der Waals surface area contributed by atoms with Gasteiger partial charge in [-0.2, -0.15) is 0 Å². The van der Waals surface area contributed by atoms with E-state index >= 15 is 0 Å². The summed E-state index contributed by atoms with van der Waals surface area (Å²) in [6.07, 6.45) is 0. The highest BCUT2D eigenvalue weighted by Gasteiger charge is 2.19. The van der Waals surface area contributed by atoms with Crippen molar-refractivity contribution in [2.24, 2.45) is 0 Å². The predicted octanol–water partition coefficient (Wildman–Crippen LogP) is 14.3. The van der Waals surface area contributed by atoms with Crippen LogP contribution in [0.3, 0.4) is 0 Å². The number of fused-ring (bicyclic) bond motifs is 6. The Bertz CT molecular complexity index is 2920. The van der Waals surface area contributed by atoms with E-state index in [1.54, 1.807) is 0 Å². The lowest BCUT2D eigenvalue weighted by Gasteiger charge is -2.27. The molecule has 0 atom stereocenters. The topological polar surface area (TPSA) is 13.1 Å². The third kappa shape index (κ3) is 5.59. The molecule has 0 bridgehead atoms. The summed E-state index contributed by atoms with van der Waals surface area (Å²) in [5, 5.41) is 5.05. The highest BCUT2D eigenvalue weighted by molar-refractivity contribution is 6.11. The summed E-state index contributed by atoms with van der Waals surface area (Å²) in [7, 11) is 0. The molecule has 55 heavy (non-hydrogen) atoms. The van der Waals surface area contributed by atoms with E-state index < -0.39 is 0 Å². The number of hydrogen-bond donors (Lipinski definition) is 0. The Hall–Kier alpha value is -6.84. The lowest BCUT2D eigenvalue weighted by atomic mass is 9.87. The van der Waals surface area contributed by atoms with Gasteiger partial charge >= 0.3 is 0 Å². The number of aromatic nitrogens is 2. The molecule has 0 aliphatic heterocycles. The summed E-state index contributed by atoms with van der Waals surface area (Å²) in [6.45, 7) is 6.80. The van der Waals surface area contributed by atoms with Crippen LogP contribution in [-0.4, -0.2) is 9.13 Å². The Morgan fingerprint density at radius 2 is 0.745 bits per heavy atom. The number of hydrogen-bond acceptors (Lipinski definition) is 1. The fourth-order valence-electron chi connectivity index (χ4n) is 8.32. The maximum Gasteiger partial charge on any atom is 0.0541 e. The van der Waals surface area contributed by atoms with Crippen molar-refractivity contribution in [3.8, 4) is 22.5 Å². The van der Waals surface area contributed by atoms with Crippen LogP contribution in [0.4, 0.5) is 17.1 Å². The zero-order chi connectivity index (χ0) is 37.1. The Balaban J connectivity index is 1.05. The standard InChI is InChI=1S/C52H41N3/c1-52(2,3)38-24-28-41(29-25-38)53(42-30-32-43(33-31-42)55-48-18-10-7-15-44(48)45-16-8-11-19-49(45)55)40-26-21-36(22-27-40)37-23-34-51-47(35-37)46-17-9-12-20-50(46)54(51)39-13-5-4-6-14-39/h4-35H,1-3H3. The van der Waals surface area contributed by atoms with E-state index in [1.165, 1.54) is 66.0 Å². The van der Waals surface area contributed by atoms with Crippen LogP contribution in [-0.2, 0) is 5.41 Å². The summed E-state index contributed by atoms with van der Waals surface area (Å²) < 4.78 is 4.74. The molecular formula is C52H41N3. The molecule has 0 spiro atoms. The minimum Gasteiger partial charge on any atom is -0.311 e. The van der Waals surface area contributed by atoms with Gasteiger partial charge in [0, 0.05) is 50.0 Å². The minimum atomic E-state index is 0.0729. The average molecular weight is 708 g/mol. The molecule has 2 heterocycles. The second kappa shape index (κ2) is 12.9. The molecule has 0 N–H and O–H groups in total. The molecule has 0 saturated heterocycles. The maximum absolute atomic E-state index is 2.37. The van der Waals surface area contributed by atoms with Gasteiger partial charge in [0.25, 0.3) is 0 Å². The Morgan fingerprint density at radius 3 is 1.27 bits per heavy atom. The summed E-state index contributed by atoms with van der Waals surface area (Å²) in [5.41, 5.74) is 14.3. The molecule has 10 aromatic rings. The van der Waals surface area contributed by atoms with Crippen molar-refractivity contribution in [3.05, 3.63) is 200 Å². The van der Waals surface area contributed by atoms with Gasteiger partial charge < -0.3 is 14.0 Å². The van der Waals surface area contributed by atoms with Crippen molar-refractivity contribution in [2.75, 3.05) is 4.90 Å². The largest absolute Gasteiger partial charge is 0.311 e. The highest BCUT2D eigenvalue weighted by Crippen LogP contribution is 2.40. The average Bonchev–Trinajstić information content (AvgIpc) is 3.74. The lowest BCUT2D eigenvalue weighted by Crippen LogP contribution is -2.13. The Morgan fingerprint density at radius 1 is 0.345 bits per heavy atom. The molecule has 0 unspecified atom stereocenters. The quantitative estimate of drug-likeness (QED) is 0.168. The van der Waals surface area contributed by atoms with E-state index in [4.69, 9.17) is 0 Å². The highest BCUT2D eigenvalue weighted by atomic mass is 15.1. The molecule has 3 heteroatoms. The van der Waals surface area contributed by atoms with Crippen molar-refractivity contribution in [1.82, 2.24) is 9.13 Å². The SMILES string of the molecule is CC(C)(C)c1ccc(N(c2ccc(-c3ccc4c(c3)c3ccccc3n4-c3ccccc3)cc2)c2ccc(-n3c4ccccc4c4ccccc43)cc2)cc1. The first kappa shape index (κ1) is 32.8. The predicted molar refractivity (Wildman–Crippen MR) is 234 cm³/mol. The van der Waals surface area contributed by atoms with E-state index in [2.05, 4.69) is 229 Å². The molecule has 2 aromatic heterocycles. The molecule has 3 nitrogen and oxygen atoms in total. The molecule has 0 fully saturated rings. The summed E-state index contributed by atoms with van der Waals surface area (Å²) >= 11 is 0. The zero-order valence-electron chi connectivity index (χ0n) is 31.3. The number of benzene rings is 8. The number of rotatable bonds is 6. The van der Waals surface area contributed by atoms with E-state index in [9.17, 15) is 0 Å². The lowest BCUT2D eigenvalue weighted by molar-refractivity contribution is 0.590. The van der Waals surface area contributed by atoms with Crippen LogP contribution in [0, 0.1) is 0 Å². The number of nitrogens with zero attached hydrogens (tertiary/aromatic N) is 3. The van der Waals surface area contributed by atoms with Crippen LogP contribution < -0.4 is 4.90 Å². The smallest absolute Gasteiger partial charge is 0.0541 e. The van der Waals surface area contributed by atoms with Gasteiger partial charge in [0.1, 0.15) is 0 Å². The first-order valence-corrected chi connectivity index (χ1v) is 19.1. The summed E-state index contributed by atoms with van der Waals surface area (Å²) in [4.78, 5) is 2.36. The fourth-order valence-corrected chi connectivity index (χ4v) is 8.32. The summed E-state index contributed by atoms with van der Waals surface area (Å²) in [6, 6.07) is 70.7. The molecule has 0 amide bonds. The minimum absolute atomic E-state index is 0.0729. The van der Waals surface area contributed by atoms with Crippen molar-refractivity contribution < 1.29 is 0 Å². The second-order valence-corrected chi connectivity index (χ2v) is 15.5. The van der Waals surface area contributed by atoms with E-state index in [0.717, 1.165) is 22.7 Å². The summed E-state index contributed by atoms with van der Waals surface area (Å²) in [5.74, 6) is 0. The van der Waals surface area contributed by atoms with Gasteiger partial charge in [-0.25, -0.2) is 0 Å². The molecule has 0 aliphatic rings.